The molecule has 0 aromatic heterocycles. The highest BCUT2D eigenvalue weighted by Crippen LogP contribution is 2.54. The van der Waals surface area contributed by atoms with Gasteiger partial charge in [-0.05, 0) is 65.3 Å². The fourth-order valence-electron chi connectivity index (χ4n) is 3.89. The minimum absolute atomic E-state index is 0.185. The molecule has 1 aliphatic carbocycles. The van der Waals surface area contributed by atoms with E-state index in [-0.39, 0.29) is 5.92 Å². The van der Waals surface area contributed by atoms with Crippen LogP contribution in [0.3, 0.4) is 0 Å². The van der Waals surface area contributed by atoms with Gasteiger partial charge < -0.3 is 5.11 Å². The van der Waals surface area contributed by atoms with E-state index in [9.17, 15) is 5.11 Å². The molecule has 1 nitrogen and oxygen atoms in total. The van der Waals surface area contributed by atoms with Crippen molar-refractivity contribution in [3.8, 4) is 11.1 Å². The first kappa shape index (κ1) is 16.8. The zero-order valence-corrected chi connectivity index (χ0v) is 15.1. The van der Waals surface area contributed by atoms with Gasteiger partial charge in [0, 0.05) is 10.0 Å². The highest BCUT2D eigenvalue weighted by Gasteiger charge is 2.46. The maximum Gasteiger partial charge on any atom is 0.119 e. The molecular weight excluding hydrogens is 327 g/mol. The molecule has 0 spiro atoms. The molecule has 2 aromatic carbocycles. The Morgan fingerprint density at radius 1 is 0.957 bits per heavy atom. The van der Waals surface area contributed by atoms with Crippen LogP contribution >= 0.6 is 23.2 Å². The second-order valence-corrected chi connectivity index (χ2v) is 7.27. The molecule has 1 N–H and O–H groups in total. The molecule has 0 amide bonds. The van der Waals surface area contributed by atoms with E-state index in [0.29, 0.717) is 10.0 Å². The van der Waals surface area contributed by atoms with Crippen LogP contribution in [0.25, 0.3) is 11.1 Å². The van der Waals surface area contributed by atoms with E-state index in [2.05, 4.69) is 13.8 Å². The predicted octanol–water partition coefficient (Wildman–Crippen LogP) is 6.43. The topological polar surface area (TPSA) is 20.2 Å². The van der Waals surface area contributed by atoms with Crippen molar-refractivity contribution in [3.63, 3.8) is 0 Å². The van der Waals surface area contributed by atoms with E-state index < -0.39 is 5.60 Å². The highest BCUT2D eigenvalue weighted by molar-refractivity contribution is 6.31. The lowest BCUT2D eigenvalue weighted by Gasteiger charge is -2.34. The smallest absolute Gasteiger partial charge is 0.119 e. The van der Waals surface area contributed by atoms with E-state index in [0.717, 1.165) is 47.9 Å². The van der Waals surface area contributed by atoms with Crippen molar-refractivity contribution >= 4 is 23.2 Å². The Kier molecular flexibility index (Phi) is 4.73. The van der Waals surface area contributed by atoms with Crippen LogP contribution in [0.4, 0.5) is 0 Å². The molecule has 0 saturated carbocycles. The van der Waals surface area contributed by atoms with Gasteiger partial charge in [0.1, 0.15) is 5.60 Å². The lowest BCUT2D eigenvalue weighted by Crippen LogP contribution is -2.34. The predicted molar refractivity (Wildman–Crippen MR) is 98.2 cm³/mol. The zero-order chi connectivity index (χ0) is 16.6. The van der Waals surface area contributed by atoms with Crippen LogP contribution in [0.1, 0.15) is 50.7 Å². The van der Waals surface area contributed by atoms with Crippen LogP contribution in [0.15, 0.2) is 36.4 Å². The molecule has 0 aliphatic heterocycles. The summed E-state index contributed by atoms with van der Waals surface area (Å²) in [5.74, 6) is 0.185. The number of aliphatic hydroxyl groups is 1. The Labute approximate surface area is 148 Å². The fraction of sp³-hybridized carbons (Fsp3) is 0.400. The Bertz CT molecular complexity index is 672. The summed E-state index contributed by atoms with van der Waals surface area (Å²) < 4.78 is 0. The molecule has 0 fully saturated rings. The summed E-state index contributed by atoms with van der Waals surface area (Å²) in [6.45, 7) is 4.34. The number of rotatable bonds is 5. The largest absolute Gasteiger partial charge is 0.380 e. The number of unbranched alkanes of at least 4 members (excludes halogenated alkanes) is 1. The first-order valence-electron chi connectivity index (χ1n) is 8.35. The zero-order valence-electron chi connectivity index (χ0n) is 13.6. The summed E-state index contributed by atoms with van der Waals surface area (Å²) in [5, 5.41) is 13.1. The Morgan fingerprint density at radius 3 is 1.91 bits per heavy atom. The standard InChI is InChI=1S/C20H22Cl2O/c1-3-5-6-13(4-2)20(23)18-9-7-14(21)11-16(18)17-12-15(22)8-10-19(17)20/h7-13,23H,3-6H2,1-2H3. The van der Waals surface area contributed by atoms with Crippen molar-refractivity contribution in [2.75, 3.05) is 0 Å². The normalized spacial score (nSPS) is 16.0. The molecule has 1 aliphatic rings. The van der Waals surface area contributed by atoms with Crippen LogP contribution in [0, 0.1) is 5.92 Å². The molecule has 0 saturated heterocycles. The molecule has 0 heterocycles. The Balaban J connectivity index is 2.21. The van der Waals surface area contributed by atoms with Crippen LogP contribution < -0.4 is 0 Å². The van der Waals surface area contributed by atoms with E-state index >= 15 is 0 Å². The van der Waals surface area contributed by atoms with Gasteiger partial charge in [0.15, 0.2) is 0 Å². The number of fused-ring (bicyclic) bond motifs is 3. The van der Waals surface area contributed by atoms with Crippen LogP contribution in [0.5, 0.6) is 0 Å². The molecule has 1 unspecified atom stereocenters. The lowest BCUT2D eigenvalue weighted by molar-refractivity contribution is 0.0134. The minimum atomic E-state index is -0.955. The summed E-state index contributed by atoms with van der Waals surface area (Å²) in [6, 6.07) is 11.6. The van der Waals surface area contributed by atoms with Gasteiger partial charge in [0.05, 0.1) is 0 Å². The van der Waals surface area contributed by atoms with Crippen molar-refractivity contribution in [2.45, 2.75) is 45.1 Å². The van der Waals surface area contributed by atoms with E-state index in [1.165, 1.54) is 0 Å². The number of benzene rings is 2. The fourth-order valence-corrected chi connectivity index (χ4v) is 4.23. The summed E-state index contributed by atoms with van der Waals surface area (Å²) >= 11 is 12.4. The van der Waals surface area contributed by atoms with Gasteiger partial charge in [-0.25, -0.2) is 0 Å². The van der Waals surface area contributed by atoms with Crippen LogP contribution in [-0.2, 0) is 5.60 Å². The SMILES string of the molecule is CCCCC(CC)C1(O)c2ccc(Cl)cc2-c2cc(Cl)ccc21. The Hall–Kier alpha value is -1.02. The van der Waals surface area contributed by atoms with Gasteiger partial charge >= 0.3 is 0 Å². The first-order valence-corrected chi connectivity index (χ1v) is 9.10. The number of hydrogen-bond donors (Lipinski definition) is 1. The third kappa shape index (κ3) is 2.69. The molecule has 0 bridgehead atoms. The van der Waals surface area contributed by atoms with Gasteiger partial charge in [-0.2, -0.15) is 0 Å². The van der Waals surface area contributed by atoms with E-state index in [1.807, 2.05) is 36.4 Å². The van der Waals surface area contributed by atoms with Crippen molar-refractivity contribution in [3.05, 3.63) is 57.6 Å². The first-order chi connectivity index (χ1) is 11.0. The number of hydrogen-bond acceptors (Lipinski definition) is 1. The lowest BCUT2D eigenvalue weighted by atomic mass is 9.75. The van der Waals surface area contributed by atoms with Crippen LogP contribution in [-0.4, -0.2) is 5.11 Å². The second-order valence-electron chi connectivity index (χ2n) is 6.39. The van der Waals surface area contributed by atoms with Crippen LogP contribution in [0.2, 0.25) is 10.0 Å². The van der Waals surface area contributed by atoms with Gasteiger partial charge in [-0.15, -0.1) is 0 Å². The van der Waals surface area contributed by atoms with Crippen molar-refractivity contribution in [1.29, 1.82) is 0 Å². The van der Waals surface area contributed by atoms with E-state index in [1.54, 1.807) is 0 Å². The summed E-state index contributed by atoms with van der Waals surface area (Å²) in [7, 11) is 0. The monoisotopic (exact) mass is 348 g/mol. The highest BCUT2D eigenvalue weighted by atomic mass is 35.5. The third-order valence-electron chi connectivity index (χ3n) is 5.06. The number of halogens is 2. The molecule has 122 valence electrons. The van der Waals surface area contributed by atoms with Crippen molar-refractivity contribution < 1.29 is 5.11 Å². The Morgan fingerprint density at radius 2 is 1.48 bits per heavy atom. The molecule has 1 atom stereocenters. The maximum absolute atomic E-state index is 11.8. The average Bonchev–Trinajstić information content (AvgIpc) is 2.77. The second kappa shape index (κ2) is 6.47. The van der Waals surface area contributed by atoms with E-state index in [4.69, 9.17) is 23.2 Å². The average molecular weight is 349 g/mol. The molecule has 3 heteroatoms. The van der Waals surface area contributed by atoms with Gasteiger partial charge in [-0.1, -0.05) is 62.0 Å². The van der Waals surface area contributed by atoms with Crippen molar-refractivity contribution in [2.24, 2.45) is 5.92 Å². The molecule has 2 aromatic rings. The van der Waals surface area contributed by atoms with Gasteiger partial charge in [0.25, 0.3) is 0 Å². The molecule has 23 heavy (non-hydrogen) atoms. The summed E-state index contributed by atoms with van der Waals surface area (Å²) in [6.07, 6.45) is 4.19. The summed E-state index contributed by atoms with van der Waals surface area (Å²) in [5.41, 5.74) is 2.98. The summed E-state index contributed by atoms with van der Waals surface area (Å²) in [4.78, 5) is 0. The van der Waals surface area contributed by atoms with Gasteiger partial charge in [0.2, 0.25) is 0 Å². The molecule has 3 rings (SSSR count). The molecular formula is C20H22Cl2O. The maximum atomic E-state index is 11.8. The van der Waals surface area contributed by atoms with Gasteiger partial charge in [-0.3, -0.25) is 0 Å². The quantitative estimate of drug-likeness (QED) is 0.660. The van der Waals surface area contributed by atoms with Crippen molar-refractivity contribution in [1.82, 2.24) is 0 Å². The molecule has 0 radical (unpaired) electrons. The third-order valence-corrected chi connectivity index (χ3v) is 5.53. The minimum Gasteiger partial charge on any atom is -0.380 e.